The highest BCUT2D eigenvalue weighted by Gasteiger charge is 2.33. The molecule has 0 N–H and O–H groups in total. The molecule has 0 spiro atoms. The normalized spacial score (nSPS) is 25.2. The first-order chi connectivity index (χ1) is 7.68. The van der Waals surface area contributed by atoms with Crippen LogP contribution in [-0.2, 0) is 20.9 Å². The first kappa shape index (κ1) is 11.1. The lowest BCUT2D eigenvalue weighted by Crippen LogP contribution is -2.38. The Bertz CT molecular complexity index is 361. The van der Waals surface area contributed by atoms with Gasteiger partial charge in [-0.15, -0.1) is 0 Å². The van der Waals surface area contributed by atoms with Gasteiger partial charge in [-0.2, -0.15) is 0 Å². The maximum absolute atomic E-state index is 11.2. The lowest BCUT2D eigenvalue weighted by molar-refractivity contribution is -0.165. The van der Waals surface area contributed by atoms with E-state index in [2.05, 4.69) is 0 Å². The third-order valence-electron chi connectivity index (χ3n) is 2.84. The highest BCUT2D eigenvalue weighted by Crippen LogP contribution is 2.26. The molecule has 1 aliphatic heterocycles. The second kappa shape index (κ2) is 4.66. The maximum Gasteiger partial charge on any atom is 0.308 e. The minimum atomic E-state index is -0.370. The van der Waals surface area contributed by atoms with E-state index in [0.717, 1.165) is 12.0 Å². The summed E-state index contributed by atoms with van der Waals surface area (Å²) in [7, 11) is 0. The Hall–Kier alpha value is -1.35. The third kappa shape index (κ3) is 2.83. The largest absolute Gasteiger partial charge is 0.465 e. The highest BCUT2D eigenvalue weighted by molar-refractivity contribution is 5.71. The lowest BCUT2D eigenvalue weighted by atomic mass is 9.96. The third-order valence-corrected chi connectivity index (χ3v) is 2.84. The highest BCUT2D eigenvalue weighted by atomic mass is 16.5. The predicted molar refractivity (Wildman–Crippen MR) is 59.8 cm³/mol. The van der Waals surface area contributed by atoms with Crippen LogP contribution in [0.4, 0.5) is 0 Å². The average Bonchev–Trinajstić information content (AvgIpc) is 2.28. The van der Waals surface area contributed by atoms with Crippen molar-refractivity contribution in [1.82, 2.24) is 0 Å². The van der Waals surface area contributed by atoms with E-state index < -0.39 is 0 Å². The Kier molecular flexibility index (Phi) is 3.25. The average molecular weight is 220 g/mol. The van der Waals surface area contributed by atoms with Gasteiger partial charge in [0.15, 0.2) is 0 Å². The number of benzene rings is 1. The summed E-state index contributed by atoms with van der Waals surface area (Å²) in [6.45, 7) is 2.98. The number of hydrogen-bond donors (Lipinski definition) is 0. The second-order valence-corrected chi connectivity index (χ2v) is 4.37. The fourth-order valence-electron chi connectivity index (χ4n) is 1.78. The van der Waals surface area contributed by atoms with Gasteiger partial charge in [0.2, 0.25) is 0 Å². The smallest absolute Gasteiger partial charge is 0.308 e. The molecule has 1 aliphatic rings. The SMILES string of the molecule is CC1(OCc2ccccc2)CCOC(=O)C1. The maximum atomic E-state index is 11.2. The van der Waals surface area contributed by atoms with Crippen LogP contribution in [0.1, 0.15) is 25.3 Å². The van der Waals surface area contributed by atoms with Gasteiger partial charge in [0.1, 0.15) is 0 Å². The minimum Gasteiger partial charge on any atom is -0.465 e. The van der Waals surface area contributed by atoms with Crippen LogP contribution < -0.4 is 0 Å². The van der Waals surface area contributed by atoms with Gasteiger partial charge in [-0.05, 0) is 12.5 Å². The molecule has 0 amide bonds. The first-order valence-electron chi connectivity index (χ1n) is 5.51. The zero-order chi connectivity index (χ0) is 11.4. The summed E-state index contributed by atoms with van der Waals surface area (Å²) in [6.07, 6.45) is 1.12. The van der Waals surface area contributed by atoms with Crippen LogP contribution in [0.5, 0.6) is 0 Å². The van der Waals surface area contributed by atoms with E-state index in [4.69, 9.17) is 9.47 Å². The molecule has 1 atom stereocenters. The summed E-state index contributed by atoms with van der Waals surface area (Å²) < 4.78 is 10.7. The molecule has 3 nitrogen and oxygen atoms in total. The van der Waals surface area contributed by atoms with Crippen LogP contribution in [-0.4, -0.2) is 18.2 Å². The number of cyclic esters (lactones) is 1. The Morgan fingerprint density at radius 2 is 2.12 bits per heavy atom. The summed E-state index contributed by atoms with van der Waals surface area (Å²) in [5, 5.41) is 0. The van der Waals surface area contributed by atoms with Crippen LogP contribution in [0.25, 0.3) is 0 Å². The molecule has 3 heteroatoms. The topological polar surface area (TPSA) is 35.5 Å². The molecule has 0 saturated carbocycles. The molecule has 86 valence electrons. The van der Waals surface area contributed by atoms with Crippen molar-refractivity contribution in [3.05, 3.63) is 35.9 Å². The summed E-state index contributed by atoms with van der Waals surface area (Å²) in [6, 6.07) is 9.98. The van der Waals surface area contributed by atoms with Gasteiger partial charge >= 0.3 is 5.97 Å². The van der Waals surface area contributed by atoms with Crippen molar-refractivity contribution in [2.45, 2.75) is 32.0 Å². The van der Waals surface area contributed by atoms with Crippen molar-refractivity contribution in [2.24, 2.45) is 0 Å². The Balaban J connectivity index is 1.91. The van der Waals surface area contributed by atoms with Crippen molar-refractivity contribution in [1.29, 1.82) is 0 Å². The molecule has 0 radical (unpaired) electrons. The number of carbonyl (C=O) groups excluding carboxylic acids is 1. The molecule has 0 aromatic heterocycles. The molecule has 16 heavy (non-hydrogen) atoms. The van der Waals surface area contributed by atoms with E-state index in [9.17, 15) is 4.79 Å². The van der Waals surface area contributed by atoms with Gasteiger partial charge < -0.3 is 9.47 Å². The van der Waals surface area contributed by atoms with E-state index in [0.29, 0.717) is 19.6 Å². The summed E-state index contributed by atoms with van der Waals surface area (Å²) in [5.74, 6) is -0.165. The van der Waals surface area contributed by atoms with E-state index in [1.165, 1.54) is 0 Å². The summed E-state index contributed by atoms with van der Waals surface area (Å²) >= 11 is 0. The summed E-state index contributed by atoms with van der Waals surface area (Å²) in [5.41, 5.74) is 0.758. The number of esters is 1. The lowest BCUT2D eigenvalue weighted by Gasteiger charge is -2.32. The zero-order valence-corrected chi connectivity index (χ0v) is 9.44. The predicted octanol–water partition coefficient (Wildman–Crippen LogP) is 2.30. The van der Waals surface area contributed by atoms with Crippen LogP contribution in [0.3, 0.4) is 0 Å². The summed E-state index contributed by atoms with van der Waals surface area (Å²) in [4.78, 5) is 11.2. The molecule has 1 fully saturated rings. The van der Waals surface area contributed by atoms with Gasteiger partial charge in [0.05, 0.1) is 25.2 Å². The zero-order valence-electron chi connectivity index (χ0n) is 9.44. The standard InChI is InChI=1S/C13H16O3/c1-13(7-8-15-12(14)9-13)16-10-11-5-3-2-4-6-11/h2-6H,7-10H2,1H3. The fraction of sp³-hybridized carbons (Fsp3) is 0.462. The fourth-order valence-corrected chi connectivity index (χ4v) is 1.78. The molecule has 1 aromatic carbocycles. The molecule has 2 rings (SSSR count). The molecule has 0 bridgehead atoms. The molecular weight excluding hydrogens is 204 g/mol. The molecule has 0 aliphatic carbocycles. The molecule has 1 unspecified atom stereocenters. The molecule has 1 heterocycles. The van der Waals surface area contributed by atoms with Crippen LogP contribution in [0, 0.1) is 0 Å². The molecular formula is C13H16O3. The number of carbonyl (C=O) groups is 1. The van der Waals surface area contributed by atoms with E-state index >= 15 is 0 Å². The van der Waals surface area contributed by atoms with Crippen molar-refractivity contribution in [3.8, 4) is 0 Å². The van der Waals surface area contributed by atoms with Crippen LogP contribution in [0.15, 0.2) is 30.3 Å². The van der Waals surface area contributed by atoms with Gasteiger partial charge in [-0.3, -0.25) is 4.79 Å². The van der Waals surface area contributed by atoms with Gasteiger partial charge in [0.25, 0.3) is 0 Å². The minimum absolute atomic E-state index is 0.165. The van der Waals surface area contributed by atoms with Crippen LogP contribution in [0.2, 0.25) is 0 Å². The monoisotopic (exact) mass is 220 g/mol. The Labute approximate surface area is 95.4 Å². The Morgan fingerprint density at radius 1 is 1.38 bits per heavy atom. The van der Waals surface area contributed by atoms with Gasteiger partial charge in [-0.1, -0.05) is 30.3 Å². The number of hydrogen-bond acceptors (Lipinski definition) is 3. The molecule has 1 aromatic rings. The first-order valence-corrected chi connectivity index (χ1v) is 5.51. The van der Waals surface area contributed by atoms with Crippen molar-refractivity contribution in [3.63, 3.8) is 0 Å². The second-order valence-electron chi connectivity index (χ2n) is 4.37. The quantitative estimate of drug-likeness (QED) is 0.733. The van der Waals surface area contributed by atoms with Crippen LogP contribution >= 0.6 is 0 Å². The van der Waals surface area contributed by atoms with E-state index in [1.54, 1.807) is 0 Å². The van der Waals surface area contributed by atoms with E-state index in [-0.39, 0.29) is 11.6 Å². The van der Waals surface area contributed by atoms with Gasteiger partial charge in [-0.25, -0.2) is 0 Å². The Morgan fingerprint density at radius 3 is 2.81 bits per heavy atom. The van der Waals surface area contributed by atoms with Crippen molar-refractivity contribution < 1.29 is 14.3 Å². The van der Waals surface area contributed by atoms with Crippen molar-refractivity contribution in [2.75, 3.05) is 6.61 Å². The number of rotatable bonds is 3. The van der Waals surface area contributed by atoms with Gasteiger partial charge in [0, 0.05) is 6.42 Å². The van der Waals surface area contributed by atoms with Crippen molar-refractivity contribution >= 4 is 5.97 Å². The molecule has 1 saturated heterocycles. The number of ether oxygens (including phenoxy) is 2. The van der Waals surface area contributed by atoms with E-state index in [1.807, 2.05) is 37.3 Å².